The van der Waals surface area contributed by atoms with Crippen LogP contribution in [0.4, 0.5) is 0 Å². The number of rotatable bonds is 5. The molecule has 5 nitrogen and oxygen atoms in total. The minimum Gasteiger partial charge on any atom is -0.472 e. The zero-order valence-corrected chi connectivity index (χ0v) is 10.1. The second-order valence-electron chi connectivity index (χ2n) is 4.12. The number of nitrogens with two attached hydrogens (primary N) is 1. The zero-order valence-electron chi connectivity index (χ0n) is 10.1. The van der Waals surface area contributed by atoms with Crippen LogP contribution in [-0.2, 0) is 6.54 Å². The van der Waals surface area contributed by atoms with Crippen LogP contribution in [-0.4, -0.2) is 21.7 Å². The molecule has 1 aromatic rings. The van der Waals surface area contributed by atoms with Gasteiger partial charge in [0.1, 0.15) is 6.61 Å². The molecule has 1 atom stereocenters. The van der Waals surface area contributed by atoms with Gasteiger partial charge in [-0.15, -0.1) is 0 Å². The third kappa shape index (κ3) is 3.06. The number of hydrogen-bond acceptors (Lipinski definition) is 4. The summed E-state index contributed by atoms with van der Waals surface area (Å²) in [5, 5.41) is 0. The molecule has 90 valence electrons. The monoisotopic (exact) mass is 225 g/mol. The van der Waals surface area contributed by atoms with Crippen molar-refractivity contribution in [2.75, 3.05) is 6.61 Å². The summed E-state index contributed by atoms with van der Waals surface area (Å²) in [6.45, 7) is 6.65. The largest absolute Gasteiger partial charge is 0.472 e. The van der Waals surface area contributed by atoms with E-state index in [0.29, 0.717) is 13.2 Å². The normalized spacial score (nSPS) is 14.5. The van der Waals surface area contributed by atoms with Gasteiger partial charge >= 0.3 is 5.56 Å². The highest BCUT2D eigenvalue weighted by Gasteiger charge is 2.18. The number of hydrogen-bond donors (Lipinski definition) is 1. The van der Waals surface area contributed by atoms with Crippen LogP contribution in [0.15, 0.2) is 17.2 Å². The lowest BCUT2D eigenvalue weighted by Gasteiger charge is -2.22. The average molecular weight is 225 g/mol. The lowest BCUT2D eigenvalue weighted by molar-refractivity contribution is 0.214. The molecule has 2 N–H and O–H groups in total. The van der Waals surface area contributed by atoms with Gasteiger partial charge in [-0.3, -0.25) is 4.79 Å². The molecule has 0 aliphatic heterocycles. The van der Waals surface area contributed by atoms with Crippen LogP contribution in [0.2, 0.25) is 0 Å². The van der Waals surface area contributed by atoms with Gasteiger partial charge in [-0.1, -0.05) is 6.92 Å². The average Bonchev–Trinajstić information content (AvgIpc) is 2.28. The Kier molecular flexibility index (Phi) is 4.06. The molecule has 1 heterocycles. The Morgan fingerprint density at radius 3 is 2.81 bits per heavy atom. The van der Waals surface area contributed by atoms with Crippen LogP contribution < -0.4 is 16.0 Å². The molecular formula is C11H19N3O2. The Hall–Kier alpha value is -1.36. The van der Waals surface area contributed by atoms with Crippen LogP contribution in [0.1, 0.15) is 27.2 Å². The molecule has 0 fully saturated rings. The van der Waals surface area contributed by atoms with Crippen molar-refractivity contribution in [3.05, 3.63) is 22.7 Å². The van der Waals surface area contributed by atoms with Crippen molar-refractivity contribution in [1.82, 2.24) is 9.55 Å². The number of nitrogens with zero attached hydrogens (tertiary/aromatic N) is 2. The molecule has 1 aromatic heterocycles. The number of aromatic nitrogens is 2. The van der Waals surface area contributed by atoms with Crippen LogP contribution in [0, 0.1) is 0 Å². The lowest BCUT2D eigenvalue weighted by Crippen LogP contribution is -2.42. The van der Waals surface area contributed by atoms with Crippen LogP contribution in [0.5, 0.6) is 5.88 Å². The Morgan fingerprint density at radius 1 is 1.56 bits per heavy atom. The van der Waals surface area contributed by atoms with Crippen LogP contribution in [0.3, 0.4) is 0 Å². The molecule has 0 amide bonds. The Labute approximate surface area is 95.3 Å². The minimum absolute atomic E-state index is 0.120. The minimum atomic E-state index is -0.430. The van der Waals surface area contributed by atoms with E-state index in [0.717, 1.165) is 6.42 Å². The van der Waals surface area contributed by atoms with Gasteiger partial charge in [0.05, 0.1) is 0 Å². The van der Waals surface area contributed by atoms with Crippen molar-refractivity contribution in [1.29, 1.82) is 0 Å². The summed E-state index contributed by atoms with van der Waals surface area (Å²) in [5.74, 6) is 0.120. The second-order valence-corrected chi connectivity index (χ2v) is 4.12. The standard InChI is InChI=1S/C11H19N3O2/c1-4-11(3,12)8-16-9-10(15)14(5-2)7-6-13-9/h6-7H,4-5,8,12H2,1-3H3. The van der Waals surface area contributed by atoms with E-state index in [-0.39, 0.29) is 11.4 Å². The summed E-state index contributed by atoms with van der Waals surface area (Å²) in [4.78, 5) is 15.7. The fourth-order valence-electron chi connectivity index (χ4n) is 1.11. The van der Waals surface area contributed by atoms with E-state index in [1.807, 2.05) is 20.8 Å². The van der Waals surface area contributed by atoms with Gasteiger partial charge < -0.3 is 15.0 Å². The Morgan fingerprint density at radius 2 is 2.25 bits per heavy atom. The number of aryl methyl sites for hydroxylation is 1. The smallest absolute Gasteiger partial charge is 0.313 e. The predicted molar refractivity (Wildman–Crippen MR) is 62.5 cm³/mol. The highest BCUT2D eigenvalue weighted by Crippen LogP contribution is 2.06. The van der Waals surface area contributed by atoms with Crippen LogP contribution in [0.25, 0.3) is 0 Å². The van der Waals surface area contributed by atoms with Gasteiger partial charge in [-0.2, -0.15) is 0 Å². The maximum Gasteiger partial charge on any atom is 0.313 e. The lowest BCUT2D eigenvalue weighted by atomic mass is 10.0. The third-order valence-electron chi connectivity index (χ3n) is 2.57. The molecule has 0 radical (unpaired) electrons. The van der Waals surface area contributed by atoms with E-state index in [1.165, 1.54) is 0 Å². The molecule has 16 heavy (non-hydrogen) atoms. The molecule has 1 rings (SSSR count). The van der Waals surface area contributed by atoms with Gasteiger partial charge in [0.2, 0.25) is 0 Å². The molecule has 0 aliphatic carbocycles. The Bertz CT molecular complexity index is 398. The molecule has 0 bridgehead atoms. The van der Waals surface area contributed by atoms with Crippen LogP contribution >= 0.6 is 0 Å². The maximum absolute atomic E-state index is 11.7. The highest BCUT2D eigenvalue weighted by atomic mass is 16.5. The molecular weight excluding hydrogens is 206 g/mol. The van der Waals surface area contributed by atoms with E-state index >= 15 is 0 Å². The summed E-state index contributed by atoms with van der Waals surface area (Å²) in [7, 11) is 0. The zero-order chi connectivity index (χ0) is 12.2. The fraction of sp³-hybridized carbons (Fsp3) is 0.636. The van der Waals surface area contributed by atoms with Gasteiger partial charge in [0, 0.05) is 24.5 Å². The summed E-state index contributed by atoms with van der Waals surface area (Å²) < 4.78 is 6.91. The topological polar surface area (TPSA) is 70.1 Å². The SMILES string of the molecule is CCn1ccnc(OCC(C)(N)CC)c1=O. The molecule has 0 aliphatic rings. The molecule has 0 aromatic carbocycles. The quantitative estimate of drug-likeness (QED) is 0.803. The summed E-state index contributed by atoms with van der Waals surface area (Å²) in [5.41, 5.74) is 5.28. The molecule has 0 saturated heterocycles. The first-order valence-corrected chi connectivity index (χ1v) is 5.47. The Balaban J connectivity index is 2.79. The van der Waals surface area contributed by atoms with Crippen molar-refractivity contribution < 1.29 is 4.74 Å². The molecule has 5 heteroatoms. The van der Waals surface area contributed by atoms with E-state index in [9.17, 15) is 4.79 Å². The number of ether oxygens (including phenoxy) is 1. The fourth-order valence-corrected chi connectivity index (χ4v) is 1.11. The van der Waals surface area contributed by atoms with Gasteiger partial charge in [0.15, 0.2) is 0 Å². The molecule has 1 unspecified atom stereocenters. The maximum atomic E-state index is 11.7. The highest BCUT2D eigenvalue weighted by molar-refractivity contribution is 5.04. The van der Waals surface area contributed by atoms with E-state index in [2.05, 4.69) is 4.98 Å². The van der Waals surface area contributed by atoms with E-state index in [4.69, 9.17) is 10.5 Å². The van der Waals surface area contributed by atoms with Crippen molar-refractivity contribution in [2.24, 2.45) is 5.73 Å². The molecule has 0 spiro atoms. The van der Waals surface area contributed by atoms with E-state index in [1.54, 1.807) is 17.0 Å². The first-order valence-electron chi connectivity index (χ1n) is 5.47. The first kappa shape index (κ1) is 12.7. The van der Waals surface area contributed by atoms with Crippen molar-refractivity contribution in [3.63, 3.8) is 0 Å². The summed E-state index contributed by atoms with van der Waals surface area (Å²) in [6, 6.07) is 0. The summed E-state index contributed by atoms with van der Waals surface area (Å²) in [6.07, 6.45) is 3.97. The van der Waals surface area contributed by atoms with E-state index < -0.39 is 5.54 Å². The van der Waals surface area contributed by atoms with Gasteiger partial charge in [-0.25, -0.2) is 4.98 Å². The molecule has 0 saturated carbocycles. The second kappa shape index (κ2) is 5.12. The van der Waals surface area contributed by atoms with Crippen molar-refractivity contribution in [3.8, 4) is 5.88 Å². The van der Waals surface area contributed by atoms with Gasteiger partial charge in [0.25, 0.3) is 5.88 Å². The van der Waals surface area contributed by atoms with Crippen molar-refractivity contribution in [2.45, 2.75) is 39.3 Å². The summed E-state index contributed by atoms with van der Waals surface area (Å²) >= 11 is 0. The third-order valence-corrected chi connectivity index (χ3v) is 2.57. The van der Waals surface area contributed by atoms with Crippen molar-refractivity contribution >= 4 is 0 Å². The van der Waals surface area contributed by atoms with Gasteiger partial charge in [-0.05, 0) is 20.3 Å². The predicted octanol–water partition coefficient (Wildman–Crippen LogP) is 0.769. The first-order chi connectivity index (χ1) is 7.50.